The molecule has 3 rings (SSSR count). The molecule has 0 unspecified atom stereocenters. The number of primary amides is 1. The summed E-state index contributed by atoms with van der Waals surface area (Å²) < 4.78 is 10.5. The second kappa shape index (κ2) is 8.65. The minimum Gasteiger partial charge on any atom is -0.497 e. The molecule has 28 heavy (non-hydrogen) atoms. The average molecular weight is 383 g/mol. The van der Waals surface area contributed by atoms with Crippen LogP contribution in [0.3, 0.4) is 0 Å². The van der Waals surface area contributed by atoms with Crippen molar-refractivity contribution < 1.29 is 19.1 Å². The zero-order chi connectivity index (χ0) is 20.1. The molecule has 1 fully saturated rings. The van der Waals surface area contributed by atoms with Crippen LogP contribution in [0.5, 0.6) is 11.5 Å². The number of hydrogen-bond donors (Lipinski definition) is 2. The van der Waals surface area contributed by atoms with Crippen molar-refractivity contribution >= 4 is 23.2 Å². The maximum atomic E-state index is 12.6. The highest BCUT2D eigenvalue weighted by atomic mass is 16.5. The van der Waals surface area contributed by atoms with Crippen molar-refractivity contribution in [3.63, 3.8) is 0 Å². The monoisotopic (exact) mass is 383 g/mol. The van der Waals surface area contributed by atoms with Crippen LogP contribution in [-0.2, 0) is 4.79 Å². The molecule has 0 saturated carbocycles. The van der Waals surface area contributed by atoms with E-state index in [1.807, 2.05) is 12.1 Å². The Morgan fingerprint density at radius 3 is 2.50 bits per heavy atom. The summed E-state index contributed by atoms with van der Waals surface area (Å²) in [4.78, 5) is 26.2. The van der Waals surface area contributed by atoms with E-state index in [1.54, 1.807) is 44.6 Å². The van der Waals surface area contributed by atoms with Gasteiger partial charge in [0.1, 0.15) is 11.5 Å². The molecule has 0 spiro atoms. The summed E-state index contributed by atoms with van der Waals surface area (Å²) >= 11 is 0. The molecule has 1 heterocycles. The molecular formula is C21H25N3O4. The van der Waals surface area contributed by atoms with Gasteiger partial charge in [-0.3, -0.25) is 9.59 Å². The number of ether oxygens (including phenoxy) is 2. The normalized spacial score (nSPS) is 16.4. The fourth-order valence-electron chi connectivity index (χ4n) is 3.37. The first kappa shape index (κ1) is 19.5. The van der Waals surface area contributed by atoms with E-state index in [2.05, 4.69) is 10.2 Å². The number of hydrogen-bond acceptors (Lipinski definition) is 5. The van der Waals surface area contributed by atoms with Crippen LogP contribution in [0.15, 0.2) is 42.5 Å². The Kier molecular flexibility index (Phi) is 6.03. The molecule has 1 aliphatic rings. The molecule has 7 heteroatoms. The zero-order valence-corrected chi connectivity index (χ0v) is 16.1. The lowest BCUT2D eigenvalue weighted by Crippen LogP contribution is -2.41. The topological polar surface area (TPSA) is 93.9 Å². The Labute approximate surface area is 164 Å². The lowest BCUT2D eigenvalue weighted by Gasteiger charge is -2.33. The van der Waals surface area contributed by atoms with Crippen molar-refractivity contribution in [2.45, 2.75) is 12.8 Å². The van der Waals surface area contributed by atoms with Gasteiger partial charge in [-0.05, 0) is 49.2 Å². The van der Waals surface area contributed by atoms with Crippen LogP contribution < -0.4 is 25.4 Å². The van der Waals surface area contributed by atoms with Gasteiger partial charge in [-0.15, -0.1) is 0 Å². The van der Waals surface area contributed by atoms with Gasteiger partial charge in [0.15, 0.2) is 0 Å². The van der Waals surface area contributed by atoms with Crippen molar-refractivity contribution in [2.24, 2.45) is 11.7 Å². The second-order valence-corrected chi connectivity index (χ2v) is 6.75. The van der Waals surface area contributed by atoms with Crippen LogP contribution in [0.4, 0.5) is 11.4 Å². The predicted octanol–water partition coefficient (Wildman–Crippen LogP) is 2.66. The fourth-order valence-corrected chi connectivity index (χ4v) is 3.37. The molecule has 1 saturated heterocycles. The number of nitrogens with one attached hydrogen (secondary N) is 1. The number of amides is 2. The minimum atomic E-state index is -0.257. The third-order valence-corrected chi connectivity index (χ3v) is 4.97. The number of rotatable bonds is 6. The van der Waals surface area contributed by atoms with Gasteiger partial charge >= 0.3 is 0 Å². The number of nitrogens with zero attached hydrogens (tertiary/aromatic N) is 1. The van der Waals surface area contributed by atoms with E-state index >= 15 is 0 Å². The van der Waals surface area contributed by atoms with E-state index in [4.69, 9.17) is 15.2 Å². The van der Waals surface area contributed by atoms with Crippen LogP contribution in [0.1, 0.15) is 23.2 Å². The Hall–Kier alpha value is -3.22. The molecule has 7 nitrogen and oxygen atoms in total. The number of carbonyl (C=O) groups excluding carboxylic acids is 2. The molecule has 0 aliphatic carbocycles. The molecule has 2 amide bonds. The van der Waals surface area contributed by atoms with Gasteiger partial charge in [-0.2, -0.15) is 0 Å². The molecular weight excluding hydrogens is 358 g/mol. The van der Waals surface area contributed by atoms with Gasteiger partial charge in [0.2, 0.25) is 5.91 Å². The lowest BCUT2D eigenvalue weighted by molar-refractivity contribution is -0.122. The van der Waals surface area contributed by atoms with Crippen LogP contribution in [0, 0.1) is 5.92 Å². The summed E-state index contributed by atoms with van der Waals surface area (Å²) in [6.45, 7) is 1.48. The average Bonchev–Trinajstić information content (AvgIpc) is 2.73. The number of methoxy groups -OCH3 is 2. The molecule has 148 valence electrons. The molecule has 0 bridgehead atoms. The molecule has 0 aromatic heterocycles. The molecule has 2 aromatic rings. The summed E-state index contributed by atoms with van der Waals surface area (Å²) in [5.41, 5.74) is 7.49. The second-order valence-electron chi connectivity index (χ2n) is 6.75. The fraction of sp³-hybridized carbons (Fsp3) is 0.333. The Morgan fingerprint density at radius 1 is 1.11 bits per heavy atom. The number of nitrogens with two attached hydrogens (primary N) is 1. The summed E-state index contributed by atoms with van der Waals surface area (Å²) in [7, 11) is 3.11. The number of anilines is 2. The molecule has 0 radical (unpaired) electrons. The van der Waals surface area contributed by atoms with E-state index in [0.29, 0.717) is 29.3 Å². The minimum absolute atomic E-state index is 0.128. The Morgan fingerprint density at radius 2 is 1.86 bits per heavy atom. The molecule has 2 aromatic carbocycles. The zero-order valence-electron chi connectivity index (χ0n) is 16.1. The SMILES string of the molecule is COc1ccc(OC)c(NC(=O)c2ccc(N3CCC[C@@H](C(N)=O)C3)cc2)c1. The quantitative estimate of drug-likeness (QED) is 0.800. The van der Waals surface area contributed by atoms with E-state index in [0.717, 1.165) is 25.1 Å². The Balaban J connectivity index is 1.71. The first-order valence-corrected chi connectivity index (χ1v) is 9.19. The van der Waals surface area contributed by atoms with Crippen molar-refractivity contribution in [1.29, 1.82) is 0 Å². The van der Waals surface area contributed by atoms with Crippen molar-refractivity contribution in [3.05, 3.63) is 48.0 Å². The van der Waals surface area contributed by atoms with Gasteiger partial charge in [-0.1, -0.05) is 0 Å². The van der Waals surface area contributed by atoms with Crippen LogP contribution in [0.25, 0.3) is 0 Å². The van der Waals surface area contributed by atoms with Gasteiger partial charge in [0.05, 0.1) is 25.8 Å². The standard InChI is InChI=1S/C21H25N3O4/c1-27-17-9-10-19(28-2)18(12-17)23-21(26)14-5-7-16(8-6-14)24-11-3-4-15(13-24)20(22)25/h5-10,12,15H,3-4,11,13H2,1-2H3,(H2,22,25)(H,23,26)/t15-/m1/s1. The van der Waals surface area contributed by atoms with E-state index in [1.165, 1.54) is 0 Å². The van der Waals surface area contributed by atoms with E-state index < -0.39 is 0 Å². The smallest absolute Gasteiger partial charge is 0.255 e. The van der Waals surface area contributed by atoms with Crippen LogP contribution in [0.2, 0.25) is 0 Å². The highest BCUT2D eigenvalue weighted by molar-refractivity contribution is 6.05. The van der Waals surface area contributed by atoms with Crippen molar-refractivity contribution in [2.75, 3.05) is 37.5 Å². The number of benzene rings is 2. The molecule has 1 atom stereocenters. The van der Waals surface area contributed by atoms with Gasteiger partial charge in [0.25, 0.3) is 5.91 Å². The van der Waals surface area contributed by atoms with Gasteiger partial charge in [0, 0.05) is 30.4 Å². The maximum Gasteiger partial charge on any atom is 0.255 e. The summed E-state index contributed by atoms with van der Waals surface area (Å²) in [5.74, 6) is 0.550. The van der Waals surface area contributed by atoms with Crippen molar-refractivity contribution in [1.82, 2.24) is 0 Å². The third kappa shape index (κ3) is 4.36. The summed E-state index contributed by atoms with van der Waals surface area (Å²) in [6, 6.07) is 12.5. The van der Waals surface area contributed by atoms with Gasteiger partial charge < -0.3 is 25.4 Å². The number of piperidine rings is 1. The third-order valence-electron chi connectivity index (χ3n) is 4.97. The van der Waals surface area contributed by atoms with E-state index in [9.17, 15) is 9.59 Å². The summed E-state index contributed by atoms with van der Waals surface area (Å²) in [5, 5.41) is 2.85. The highest BCUT2D eigenvalue weighted by Gasteiger charge is 2.24. The van der Waals surface area contributed by atoms with Gasteiger partial charge in [-0.25, -0.2) is 0 Å². The van der Waals surface area contributed by atoms with Crippen molar-refractivity contribution in [3.8, 4) is 11.5 Å². The first-order chi connectivity index (χ1) is 13.5. The summed E-state index contributed by atoms with van der Waals surface area (Å²) in [6.07, 6.45) is 1.75. The first-order valence-electron chi connectivity index (χ1n) is 9.19. The van der Waals surface area contributed by atoms with Crippen LogP contribution in [-0.4, -0.2) is 39.1 Å². The van der Waals surface area contributed by atoms with E-state index in [-0.39, 0.29) is 17.7 Å². The largest absolute Gasteiger partial charge is 0.497 e. The predicted molar refractivity (Wildman–Crippen MR) is 108 cm³/mol. The maximum absolute atomic E-state index is 12.6. The molecule has 3 N–H and O–H groups in total. The highest BCUT2D eigenvalue weighted by Crippen LogP contribution is 2.29. The number of carbonyl (C=O) groups is 2. The molecule has 1 aliphatic heterocycles. The van der Waals surface area contributed by atoms with Crippen LogP contribution >= 0.6 is 0 Å². The lowest BCUT2D eigenvalue weighted by atomic mass is 9.97. The Bertz CT molecular complexity index is 851.